The number of rotatable bonds is 14. The van der Waals surface area contributed by atoms with Crippen molar-refractivity contribution in [3.63, 3.8) is 0 Å². The van der Waals surface area contributed by atoms with Gasteiger partial charge >= 0.3 is 51.4 Å². The largest absolute Gasteiger partial charge is 1.00 e. The molecule has 186 valence electrons. The van der Waals surface area contributed by atoms with Gasteiger partial charge in [0.05, 0.1) is 19.8 Å². The first-order chi connectivity index (χ1) is 16.1. The summed E-state index contributed by atoms with van der Waals surface area (Å²) in [5.74, 6) is 0.759. The maximum Gasteiger partial charge on any atom is 1.00 e. The van der Waals surface area contributed by atoms with E-state index < -0.39 is 0 Å². The first kappa shape index (κ1) is 33.2. The van der Waals surface area contributed by atoms with E-state index in [1.807, 2.05) is 13.1 Å². The number of benzene rings is 1. The number of carbonyl (C=O) groups excluding carboxylic acids is 1. The summed E-state index contributed by atoms with van der Waals surface area (Å²) < 4.78 is 10.7. The number of hydrogen-bond acceptors (Lipinski definition) is 6. The van der Waals surface area contributed by atoms with Gasteiger partial charge in [0.15, 0.2) is 0 Å². The fourth-order valence-electron chi connectivity index (χ4n) is 3.62. The third kappa shape index (κ3) is 13.3. The van der Waals surface area contributed by atoms with Crippen LogP contribution in [0.1, 0.15) is 43.2 Å². The molecular formula is C25H42KN5O3. The summed E-state index contributed by atoms with van der Waals surface area (Å²) in [7, 11) is 1.85. The van der Waals surface area contributed by atoms with E-state index in [1.165, 1.54) is 12.0 Å². The maximum absolute atomic E-state index is 10.6. The predicted octanol–water partition coefficient (Wildman–Crippen LogP) is -0.230. The van der Waals surface area contributed by atoms with Crippen LogP contribution in [0.25, 0.3) is 0 Å². The van der Waals surface area contributed by atoms with Crippen molar-refractivity contribution in [2.45, 2.75) is 32.1 Å². The normalized spacial score (nSPS) is 14.4. The quantitative estimate of drug-likeness (QED) is 0.0812. The number of ether oxygens (including phenoxy) is 2. The van der Waals surface area contributed by atoms with E-state index in [1.54, 1.807) is 6.20 Å². The second-order valence-corrected chi connectivity index (χ2v) is 7.67. The van der Waals surface area contributed by atoms with Gasteiger partial charge in [-0.25, -0.2) is 0 Å². The van der Waals surface area contributed by atoms with E-state index in [-0.39, 0.29) is 57.2 Å². The second-order valence-electron chi connectivity index (χ2n) is 7.67. The van der Waals surface area contributed by atoms with Crippen molar-refractivity contribution in [2.24, 2.45) is 10.7 Å². The summed E-state index contributed by atoms with van der Waals surface area (Å²) in [4.78, 5) is 16.7. The van der Waals surface area contributed by atoms with Crippen LogP contribution in [0.5, 0.6) is 0 Å². The molecule has 0 atom stereocenters. The Labute approximate surface area is 248 Å². The molecule has 2 rings (SSSR count). The van der Waals surface area contributed by atoms with Gasteiger partial charge in [-0.3, -0.25) is 4.79 Å². The van der Waals surface area contributed by atoms with E-state index in [0.717, 1.165) is 56.9 Å². The minimum Gasteiger partial charge on any atom is -0.411 e. The molecule has 0 spiro atoms. The first-order valence-electron chi connectivity index (χ1n) is 11.7. The number of nitrogens with two attached hydrogens (primary N) is 1. The molecule has 8 nitrogen and oxygen atoms in total. The van der Waals surface area contributed by atoms with Gasteiger partial charge in [0.25, 0.3) is 0 Å². The van der Waals surface area contributed by atoms with Gasteiger partial charge in [-0.2, -0.15) is 4.99 Å². The van der Waals surface area contributed by atoms with Gasteiger partial charge in [-0.1, -0.05) is 26.2 Å². The molecule has 0 aliphatic carbocycles. The molecular weight excluding hydrogens is 457 g/mol. The van der Waals surface area contributed by atoms with Crippen molar-refractivity contribution in [3.8, 4) is 0 Å². The van der Waals surface area contributed by atoms with Crippen molar-refractivity contribution in [3.05, 3.63) is 49.0 Å². The Balaban J connectivity index is 0.00000138. The molecule has 0 aromatic heterocycles. The van der Waals surface area contributed by atoms with E-state index in [0.29, 0.717) is 32.1 Å². The summed E-state index contributed by atoms with van der Waals surface area (Å²) >= 11 is 0. The Bertz CT molecular complexity index is 710. The summed E-state index contributed by atoms with van der Waals surface area (Å²) in [6.07, 6.45) is 5.59. The van der Waals surface area contributed by atoms with E-state index in [4.69, 9.17) is 15.2 Å². The van der Waals surface area contributed by atoms with Gasteiger partial charge in [0, 0.05) is 31.4 Å². The Morgan fingerprint density at radius 1 is 1.29 bits per heavy atom. The number of amidine groups is 1. The zero-order valence-electron chi connectivity index (χ0n) is 21.4. The number of aliphatic imine (C=N–C) groups is 1. The van der Waals surface area contributed by atoms with Crippen molar-refractivity contribution in [2.75, 3.05) is 65.0 Å². The average molecular weight is 500 g/mol. The van der Waals surface area contributed by atoms with Gasteiger partial charge in [0.2, 0.25) is 6.41 Å². The van der Waals surface area contributed by atoms with Gasteiger partial charge in [-0.15, -0.1) is 0 Å². The first-order valence-corrected chi connectivity index (χ1v) is 11.7. The molecule has 0 bridgehead atoms. The molecule has 1 aliphatic rings. The van der Waals surface area contributed by atoms with Crippen molar-refractivity contribution >= 4 is 17.9 Å². The minimum absolute atomic E-state index is 0. The maximum atomic E-state index is 10.6. The van der Waals surface area contributed by atoms with Crippen LogP contribution in [0.2, 0.25) is 0 Å². The predicted molar refractivity (Wildman–Crippen MR) is 137 cm³/mol. The molecule has 0 radical (unpaired) electrons. The van der Waals surface area contributed by atoms with Gasteiger partial charge in [0.1, 0.15) is 5.84 Å². The van der Waals surface area contributed by atoms with E-state index in [9.17, 15) is 4.79 Å². The number of nitrogens with one attached hydrogen (secondary N) is 2. The number of nitrogens with zero attached hydrogens (tertiary/aromatic N) is 2. The Hall–Kier alpha value is -0.784. The van der Waals surface area contributed by atoms with Crippen LogP contribution in [0.3, 0.4) is 0 Å². The topological polar surface area (TPSA) is 101 Å². The fraction of sp³-hybridized carbons (Fsp3) is 0.560. The Morgan fingerprint density at radius 2 is 2.00 bits per heavy atom. The Kier molecular flexibility index (Phi) is 21.0. The molecule has 1 saturated heterocycles. The number of likely N-dealkylation sites (tertiary alicyclic amines) is 1. The minimum atomic E-state index is 0. The molecule has 1 aliphatic heterocycles. The van der Waals surface area contributed by atoms with Crippen LogP contribution >= 0.6 is 0 Å². The number of piperidine rings is 1. The summed E-state index contributed by atoms with van der Waals surface area (Å²) in [5, 5.41) is 6.12. The molecule has 34 heavy (non-hydrogen) atoms. The molecule has 1 heterocycles. The number of hydrogen-bond donors (Lipinski definition) is 3. The molecule has 9 heteroatoms. The van der Waals surface area contributed by atoms with Crippen molar-refractivity contribution in [1.82, 2.24) is 10.2 Å². The van der Waals surface area contributed by atoms with Crippen LogP contribution in [-0.4, -0.2) is 76.8 Å². The molecule has 0 saturated carbocycles. The molecule has 1 fully saturated rings. The SMILES string of the molecule is C=CNCCC.[CH2-]COCCOCCN1CCC(c2ccc(C(N)=NC=O)c(NC)c2)CC1.[K+]. The zero-order chi connectivity index (χ0) is 24.3. The van der Waals surface area contributed by atoms with E-state index >= 15 is 0 Å². The molecule has 1 amide bonds. The summed E-state index contributed by atoms with van der Waals surface area (Å²) in [5.41, 5.74) is 8.81. The zero-order valence-corrected chi connectivity index (χ0v) is 24.5. The van der Waals surface area contributed by atoms with Gasteiger partial charge in [-0.05, 0) is 62.2 Å². The van der Waals surface area contributed by atoms with Crippen molar-refractivity contribution < 1.29 is 65.7 Å². The van der Waals surface area contributed by atoms with Crippen LogP contribution < -0.4 is 67.8 Å². The second kappa shape index (κ2) is 21.5. The van der Waals surface area contributed by atoms with Crippen LogP contribution in [-0.2, 0) is 14.3 Å². The summed E-state index contributed by atoms with van der Waals surface area (Å²) in [6, 6.07) is 6.15. The smallest absolute Gasteiger partial charge is 0.411 e. The molecule has 1 aromatic carbocycles. The fourth-order valence-corrected chi connectivity index (χ4v) is 3.62. The van der Waals surface area contributed by atoms with Crippen LogP contribution in [0, 0.1) is 6.92 Å². The molecule has 1 aromatic rings. The van der Waals surface area contributed by atoms with Gasteiger partial charge < -0.3 is 37.7 Å². The number of carbonyl (C=O) groups is 1. The third-order valence-corrected chi connectivity index (χ3v) is 5.45. The standard InChI is InChI=1S/C20H31N4O3.C5H11N.K/c1-3-26-12-13-27-11-10-24-8-6-16(7-9-24)17-4-5-18(19(14-17)22-2)20(21)23-15-25;1-3-5-6-4-2;/h4-5,14-16,22H,1,3,6-13H2,2H3,(H2,21,23,25);4,6H,2-3,5H2,1H3;/q-1;;+1. The monoisotopic (exact) mass is 499 g/mol. The van der Waals surface area contributed by atoms with E-state index in [2.05, 4.69) is 53.1 Å². The average Bonchev–Trinajstić information content (AvgIpc) is 2.85. The van der Waals surface area contributed by atoms with Crippen LogP contribution in [0.15, 0.2) is 36.0 Å². The van der Waals surface area contributed by atoms with Crippen LogP contribution in [0.4, 0.5) is 5.69 Å². The third-order valence-electron chi connectivity index (χ3n) is 5.45. The molecule has 4 N–H and O–H groups in total. The Morgan fingerprint density at radius 3 is 2.56 bits per heavy atom. The molecule has 0 unspecified atom stereocenters. The van der Waals surface area contributed by atoms with Crippen molar-refractivity contribution in [1.29, 1.82) is 0 Å². The summed E-state index contributed by atoms with van der Waals surface area (Å²) in [6.45, 7) is 15.8. The number of anilines is 1. The number of amides is 1.